The Balaban J connectivity index is 2.29. The molecular weight excluding hydrogens is 324 g/mol. The first-order valence-electron chi connectivity index (χ1n) is 7.76. The van der Waals surface area contributed by atoms with Crippen LogP contribution in [0, 0.1) is 6.92 Å². The topological polar surface area (TPSA) is 34.1 Å². The predicted octanol–water partition coefficient (Wildman–Crippen LogP) is 5.59. The van der Waals surface area contributed by atoms with Crippen molar-refractivity contribution in [3.63, 3.8) is 0 Å². The van der Waals surface area contributed by atoms with Gasteiger partial charge in [-0.05, 0) is 44.0 Å². The number of hydrogen-bond acceptors (Lipinski definition) is 3. The van der Waals surface area contributed by atoms with Gasteiger partial charge in [0, 0.05) is 15.2 Å². The minimum absolute atomic E-state index is 0.353. The van der Waals surface area contributed by atoms with E-state index in [0.29, 0.717) is 4.90 Å². The molecule has 0 saturated heterocycles. The third kappa shape index (κ3) is 5.56. The zero-order valence-corrected chi connectivity index (χ0v) is 15.2. The van der Waals surface area contributed by atoms with E-state index in [0.717, 1.165) is 34.6 Å². The van der Waals surface area contributed by atoms with E-state index in [1.807, 2.05) is 49.4 Å². The van der Waals surface area contributed by atoms with Gasteiger partial charge >= 0.3 is 0 Å². The van der Waals surface area contributed by atoms with Gasteiger partial charge in [-0.2, -0.15) is 0 Å². The molecule has 4 heteroatoms. The number of thioether (sulfide) groups is 1. The quantitative estimate of drug-likeness (QED) is 0.613. The summed E-state index contributed by atoms with van der Waals surface area (Å²) in [4.78, 5) is 2.30. The summed E-state index contributed by atoms with van der Waals surface area (Å²) in [5.74, 6) is 0. The third-order valence-electron chi connectivity index (χ3n) is 3.40. The number of benzene rings is 2. The molecule has 0 N–H and O–H groups in total. The maximum Gasteiger partial charge on any atom is 0.200 e. The summed E-state index contributed by atoms with van der Waals surface area (Å²) in [5.41, 5.74) is 1.05. The van der Waals surface area contributed by atoms with Crippen molar-refractivity contribution in [1.82, 2.24) is 0 Å². The van der Waals surface area contributed by atoms with Gasteiger partial charge in [0.25, 0.3) is 0 Å². The van der Waals surface area contributed by atoms with Crippen molar-refractivity contribution >= 4 is 21.6 Å². The summed E-state index contributed by atoms with van der Waals surface area (Å²) >= 11 is 1.54. The highest BCUT2D eigenvalue weighted by Crippen LogP contribution is 2.31. The molecule has 0 spiro atoms. The molecule has 0 heterocycles. The van der Waals surface area contributed by atoms with E-state index in [9.17, 15) is 8.42 Å². The zero-order valence-electron chi connectivity index (χ0n) is 13.5. The van der Waals surface area contributed by atoms with Crippen molar-refractivity contribution in [2.24, 2.45) is 0 Å². The number of rotatable bonds is 7. The van der Waals surface area contributed by atoms with Crippen molar-refractivity contribution in [3.8, 4) is 0 Å². The fourth-order valence-corrected chi connectivity index (χ4v) is 4.62. The van der Waals surface area contributed by atoms with Crippen LogP contribution in [0.1, 0.15) is 31.7 Å². The molecule has 0 amide bonds. The van der Waals surface area contributed by atoms with Crippen LogP contribution in [-0.4, -0.2) is 8.42 Å². The maximum absolute atomic E-state index is 12.6. The number of allylic oxidation sites excluding steroid dienone is 1. The number of aryl methyl sites for hydroxylation is 1. The minimum Gasteiger partial charge on any atom is -0.219 e. The molecule has 0 bridgehead atoms. The Morgan fingerprint density at radius 1 is 1.04 bits per heavy atom. The highest BCUT2D eigenvalue weighted by atomic mass is 32.2. The van der Waals surface area contributed by atoms with Gasteiger partial charge in [0.15, 0.2) is 0 Å². The summed E-state index contributed by atoms with van der Waals surface area (Å²) < 4.78 is 25.2. The SMILES string of the molecule is CCCC/C(=C\S(=O)(=O)c1ccc(C)cc1)Sc1ccccc1. The second-order valence-corrected chi connectivity index (χ2v) is 8.46. The number of hydrogen-bond donors (Lipinski definition) is 0. The van der Waals surface area contributed by atoms with Crippen LogP contribution in [0.25, 0.3) is 0 Å². The number of unbranched alkanes of at least 4 members (excludes halogenated alkanes) is 1. The van der Waals surface area contributed by atoms with Gasteiger partial charge < -0.3 is 0 Å². The molecule has 0 fully saturated rings. The molecule has 0 aliphatic carbocycles. The van der Waals surface area contributed by atoms with Gasteiger partial charge in [0.1, 0.15) is 0 Å². The highest BCUT2D eigenvalue weighted by molar-refractivity contribution is 8.04. The van der Waals surface area contributed by atoms with Crippen LogP contribution in [0.2, 0.25) is 0 Å². The average molecular weight is 347 g/mol. The largest absolute Gasteiger partial charge is 0.219 e. The van der Waals surface area contributed by atoms with Crippen molar-refractivity contribution in [2.45, 2.75) is 42.9 Å². The van der Waals surface area contributed by atoms with Gasteiger partial charge in [-0.15, -0.1) is 0 Å². The van der Waals surface area contributed by atoms with E-state index in [4.69, 9.17) is 0 Å². The Morgan fingerprint density at radius 2 is 1.70 bits per heavy atom. The molecule has 0 aromatic heterocycles. The molecule has 2 aromatic carbocycles. The molecule has 23 heavy (non-hydrogen) atoms. The van der Waals surface area contributed by atoms with Crippen LogP contribution in [0.3, 0.4) is 0 Å². The van der Waals surface area contributed by atoms with E-state index < -0.39 is 9.84 Å². The van der Waals surface area contributed by atoms with Gasteiger partial charge in [0.2, 0.25) is 9.84 Å². The van der Waals surface area contributed by atoms with Crippen molar-refractivity contribution < 1.29 is 8.42 Å². The molecule has 0 atom stereocenters. The second-order valence-electron chi connectivity index (χ2n) is 5.46. The monoisotopic (exact) mass is 346 g/mol. The molecule has 2 nitrogen and oxygen atoms in total. The lowest BCUT2D eigenvalue weighted by Crippen LogP contribution is -1.98. The smallest absolute Gasteiger partial charge is 0.200 e. The summed E-state index contributed by atoms with van der Waals surface area (Å²) in [6.45, 7) is 4.06. The number of sulfone groups is 1. The first-order chi connectivity index (χ1) is 11.0. The fraction of sp³-hybridized carbons (Fsp3) is 0.263. The van der Waals surface area contributed by atoms with E-state index in [1.54, 1.807) is 12.1 Å². The molecule has 2 aromatic rings. The molecule has 0 radical (unpaired) electrons. The molecule has 0 unspecified atom stereocenters. The van der Waals surface area contributed by atoms with Crippen molar-refractivity contribution in [3.05, 3.63) is 70.5 Å². The van der Waals surface area contributed by atoms with E-state index in [2.05, 4.69) is 6.92 Å². The molecule has 0 aliphatic rings. The van der Waals surface area contributed by atoms with Gasteiger partial charge in [-0.3, -0.25) is 0 Å². The molecule has 0 aliphatic heterocycles. The lowest BCUT2D eigenvalue weighted by atomic mass is 10.2. The summed E-state index contributed by atoms with van der Waals surface area (Å²) in [7, 11) is -3.41. The third-order valence-corrected chi connectivity index (χ3v) is 6.17. The van der Waals surface area contributed by atoms with E-state index in [-0.39, 0.29) is 0 Å². The van der Waals surface area contributed by atoms with Crippen LogP contribution in [0.4, 0.5) is 0 Å². The van der Waals surface area contributed by atoms with Gasteiger partial charge in [-0.1, -0.05) is 61.0 Å². The standard InChI is InChI=1S/C19H22O2S2/c1-3-4-8-18(22-17-9-6-5-7-10-17)15-23(20,21)19-13-11-16(2)12-14-19/h5-7,9-15H,3-4,8H2,1-2H3/b18-15+. The van der Waals surface area contributed by atoms with Crippen molar-refractivity contribution in [2.75, 3.05) is 0 Å². The second kappa shape index (κ2) is 8.37. The van der Waals surface area contributed by atoms with E-state index >= 15 is 0 Å². The van der Waals surface area contributed by atoms with Gasteiger partial charge in [-0.25, -0.2) is 8.42 Å². The summed E-state index contributed by atoms with van der Waals surface area (Å²) in [6, 6.07) is 16.9. The van der Waals surface area contributed by atoms with Crippen LogP contribution in [0.5, 0.6) is 0 Å². The van der Waals surface area contributed by atoms with E-state index in [1.165, 1.54) is 17.2 Å². The average Bonchev–Trinajstić information content (AvgIpc) is 2.54. The molecule has 2 rings (SSSR count). The molecule has 0 saturated carbocycles. The lowest BCUT2D eigenvalue weighted by Gasteiger charge is -2.08. The summed E-state index contributed by atoms with van der Waals surface area (Å²) in [6.07, 6.45) is 2.80. The fourth-order valence-electron chi connectivity index (χ4n) is 2.09. The highest BCUT2D eigenvalue weighted by Gasteiger charge is 2.13. The minimum atomic E-state index is -3.41. The first kappa shape index (κ1) is 17.8. The molecular formula is C19H22O2S2. The predicted molar refractivity (Wildman–Crippen MR) is 98.3 cm³/mol. The Morgan fingerprint density at radius 3 is 2.30 bits per heavy atom. The Hall–Kier alpha value is -1.52. The lowest BCUT2D eigenvalue weighted by molar-refractivity contribution is 0.604. The van der Waals surface area contributed by atoms with Gasteiger partial charge in [0.05, 0.1) is 4.90 Å². The van der Waals surface area contributed by atoms with Crippen LogP contribution in [-0.2, 0) is 9.84 Å². The Labute approximate surface area is 143 Å². The molecule has 122 valence electrons. The van der Waals surface area contributed by atoms with Crippen LogP contribution < -0.4 is 0 Å². The normalized spacial score (nSPS) is 12.3. The Kier molecular flexibility index (Phi) is 6.48. The van der Waals surface area contributed by atoms with Crippen LogP contribution in [0.15, 0.2) is 74.7 Å². The van der Waals surface area contributed by atoms with Crippen molar-refractivity contribution in [1.29, 1.82) is 0 Å². The maximum atomic E-state index is 12.6. The first-order valence-corrected chi connectivity index (χ1v) is 10.1. The van der Waals surface area contributed by atoms with Crippen LogP contribution >= 0.6 is 11.8 Å². The zero-order chi connectivity index (χ0) is 16.7. The Bertz CT molecular complexity index is 746. The summed E-state index contributed by atoms with van der Waals surface area (Å²) in [5, 5.41) is 1.44.